The molecule has 0 saturated heterocycles. The molecule has 0 heterocycles. The smallest absolute Gasteiger partial charge is 0.341 e. The molecular weight excluding hydrogens is 443 g/mol. The summed E-state index contributed by atoms with van der Waals surface area (Å²) in [6.45, 7) is -2.43. The number of aliphatic imine (C=N–C) groups is 1. The van der Waals surface area contributed by atoms with Crippen molar-refractivity contribution in [2.24, 2.45) is 4.99 Å². The summed E-state index contributed by atoms with van der Waals surface area (Å²) in [4.78, 5) is 14.8. The van der Waals surface area contributed by atoms with Crippen molar-refractivity contribution in [2.75, 3.05) is 19.8 Å². The van der Waals surface area contributed by atoms with Crippen molar-refractivity contribution in [3.63, 3.8) is 0 Å². The highest BCUT2D eigenvalue weighted by Gasteiger charge is 2.27. The Labute approximate surface area is 148 Å². The van der Waals surface area contributed by atoms with Gasteiger partial charge in [0.05, 0.1) is 25.4 Å². The van der Waals surface area contributed by atoms with Crippen LogP contribution < -0.4 is 0 Å². The molecule has 10 heteroatoms. The van der Waals surface area contributed by atoms with Crippen molar-refractivity contribution >= 4 is 40.5 Å². The van der Waals surface area contributed by atoms with Gasteiger partial charge in [0.2, 0.25) is 0 Å². The van der Waals surface area contributed by atoms with Crippen LogP contribution in [0.4, 0.5) is 8.78 Å². The van der Waals surface area contributed by atoms with Crippen LogP contribution in [-0.4, -0.2) is 63.1 Å². The molecule has 0 aliphatic rings. The summed E-state index contributed by atoms with van der Waals surface area (Å²) in [5.41, 5.74) is -3.38. The van der Waals surface area contributed by atoms with Crippen LogP contribution in [0, 0.1) is 15.2 Å². The lowest BCUT2D eigenvalue weighted by Gasteiger charge is -2.22. The normalized spacial score (nSPS) is 13.2. The quantitative estimate of drug-likeness (QED) is 0.135. The number of carboxylic acid groups (broad SMARTS) is 1. The number of aliphatic hydroxyl groups excluding tert-OH is 4. The van der Waals surface area contributed by atoms with Gasteiger partial charge in [-0.3, -0.25) is 4.99 Å². The highest BCUT2D eigenvalue weighted by molar-refractivity contribution is 14.1. The number of aliphatic carboxylic acids is 1. The molecule has 0 aliphatic heterocycles. The second kappa shape index (κ2) is 8.46. The average molecular weight is 457 g/mol. The fourth-order valence-electron chi connectivity index (χ4n) is 1.56. The average Bonchev–Trinajstić information content (AvgIpc) is 2.54. The van der Waals surface area contributed by atoms with Crippen LogP contribution in [0.2, 0.25) is 0 Å². The fraction of sp³-hybridized carbons (Fsp3) is 0.286. The van der Waals surface area contributed by atoms with Gasteiger partial charge in [0.25, 0.3) is 0 Å². The number of halogens is 3. The third kappa shape index (κ3) is 4.47. The Morgan fingerprint density at radius 1 is 1.17 bits per heavy atom. The number of hydrogen-bond acceptors (Lipinski definition) is 6. The Bertz CT molecular complexity index is 680. The predicted molar refractivity (Wildman–Crippen MR) is 88.7 cm³/mol. The van der Waals surface area contributed by atoms with Crippen LogP contribution in [0.15, 0.2) is 22.7 Å². The maximum Gasteiger partial charge on any atom is 0.341 e. The number of rotatable bonds is 7. The van der Waals surface area contributed by atoms with Crippen molar-refractivity contribution in [1.82, 2.24) is 0 Å². The molecule has 7 nitrogen and oxygen atoms in total. The molecule has 1 aromatic carbocycles. The monoisotopic (exact) mass is 457 g/mol. The fourth-order valence-corrected chi connectivity index (χ4v) is 2.15. The van der Waals surface area contributed by atoms with Crippen molar-refractivity contribution < 1.29 is 39.1 Å². The molecule has 0 aliphatic carbocycles. The molecule has 0 unspecified atom stereocenters. The van der Waals surface area contributed by atoms with Gasteiger partial charge in [-0.2, -0.15) is 0 Å². The molecule has 1 rings (SSSR count). The van der Waals surface area contributed by atoms with Gasteiger partial charge in [-0.15, -0.1) is 0 Å². The molecule has 5 N–H and O–H groups in total. The molecule has 0 spiro atoms. The molecular formula is C14H14F2INO6. The number of carbonyl (C=O) groups is 1. The topological polar surface area (TPSA) is 131 Å². The van der Waals surface area contributed by atoms with Crippen molar-refractivity contribution in [2.45, 2.75) is 5.54 Å². The highest BCUT2D eigenvalue weighted by Crippen LogP contribution is 2.24. The van der Waals surface area contributed by atoms with E-state index >= 15 is 0 Å². The Balaban J connectivity index is 3.49. The molecule has 0 fully saturated rings. The Kier molecular flexibility index (Phi) is 7.20. The first-order valence-corrected chi connectivity index (χ1v) is 7.48. The molecule has 0 amide bonds. The summed E-state index contributed by atoms with van der Waals surface area (Å²) in [6, 6.07) is 1.89. The first-order valence-electron chi connectivity index (χ1n) is 6.40. The lowest BCUT2D eigenvalue weighted by molar-refractivity contribution is -0.132. The van der Waals surface area contributed by atoms with E-state index in [1.165, 1.54) is 0 Å². The zero-order valence-corrected chi connectivity index (χ0v) is 14.2. The number of aliphatic hydroxyl groups is 4. The van der Waals surface area contributed by atoms with Gasteiger partial charge >= 0.3 is 5.97 Å². The third-order valence-electron chi connectivity index (χ3n) is 3.08. The third-order valence-corrected chi connectivity index (χ3v) is 3.71. The molecule has 24 heavy (non-hydrogen) atoms. The minimum atomic E-state index is -1.78. The second-order valence-electron chi connectivity index (χ2n) is 4.77. The summed E-state index contributed by atoms with van der Waals surface area (Å²) in [6.07, 6.45) is 0.553. The van der Waals surface area contributed by atoms with Crippen LogP contribution >= 0.6 is 22.6 Å². The van der Waals surface area contributed by atoms with E-state index in [9.17, 15) is 18.7 Å². The van der Waals surface area contributed by atoms with E-state index in [2.05, 4.69) is 4.99 Å². The van der Waals surface area contributed by atoms with Crippen LogP contribution in [0.1, 0.15) is 5.56 Å². The summed E-state index contributed by atoms with van der Waals surface area (Å²) >= 11 is 1.65. The van der Waals surface area contributed by atoms with Crippen molar-refractivity contribution in [3.8, 4) is 0 Å². The summed E-state index contributed by atoms with van der Waals surface area (Å²) in [7, 11) is 0. The summed E-state index contributed by atoms with van der Waals surface area (Å²) < 4.78 is 27.4. The second-order valence-corrected chi connectivity index (χ2v) is 6.02. The molecule has 0 saturated carbocycles. The van der Waals surface area contributed by atoms with Crippen molar-refractivity contribution in [1.29, 1.82) is 0 Å². The lowest BCUT2D eigenvalue weighted by atomic mass is 10.0. The van der Waals surface area contributed by atoms with E-state index in [0.717, 1.165) is 12.1 Å². The van der Waals surface area contributed by atoms with E-state index in [0.29, 0.717) is 6.21 Å². The maximum absolute atomic E-state index is 13.8. The Morgan fingerprint density at radius 2 is 1.71 bits per heavy atom. The Morgan fingerprint density at radius 3 is 2.17 bits per heavy atom. The zero-order chi connectivity index (χ0) is 18.5. The minimum Gasteiger partial charge on any atom is -0.506 e. The van der Waals surface area contributed by atoms with E-state index in [-0.39, 0.29) is 3.57 Å². The van der Waals surface area contributed by atoms with E-state index in [1.54, 1.807) is 22.6 Å². The van der Waals surface area contributed by atoms with Crippen LogP contribution in [0.25, 0.3) is 5.76 Å². The molecule has 132 valence electrons. The van der Waals surface area contributed by atoms with E-state index in [1.807, 2.05) is 0 Å². The van der Waals surface area contributed by atoms with E-state index < -0.39 is 59.9 Å². The van der Waals surface area contributed by atoms with Crippen LogP contribution in [0.3, 0.4) is 0 Å². The largest absolute Gasteiger partial charge is 0.506 e. The molecule has 1 aromatic rings. The summed E-state index contributed by atoms with van der Waals surface area (Å²) in [5, 5.41) is 46.5. The van der Waals surface area contributed by atoms with Crippen molar-refractivity contribution in [3.05, 3.63) is 38.5 Å². The predicted octanol–water partition coefficient (Wildman–Crippen LogP) is 0.710. The van der Waals surface area contributed by atoms with Gasteiger partial charge in [-0.05, 0) is 34.7 Å². The standard InChI is InChI=1S/C14H14F2INO6/c15-10-2-7(17)1-8(11(10)16)12(22)9(13(23)24)3-18-14(4-19,5-20)6-21/h1-3,19-22H,4-6H2,(H,23,24). The first-order chi connectivity index (χ1) is 11.2. The van der Waals surface area contributed by atoms with Gasteiger partial charge in [0.15, 0.2) is 11.6 Å². The number of hydrogen-bond donors (Lipinski definition) is 5. The van der Waals surface area contributed by atoms with Crippen LogP contribution in [-0.2, 0) is 4.79 Å². The molecule has 0 atom stereocenters. The number of carboxylic acids is 1. The molecule has 0 radical (unpaired) electrons. The van der Waals surface area contributed by atoms with Gasteiger partial charge in [0.1, 0.15) is 16.9 Å². The van der Waals surface area contributed by atoms with Gasteiger partial charge < -0.3 is 25.5 Å². The maximum atomic E-state index is 13.8. The van der Waals surface area contributed by atoms with Gasteiger partial charge in [-0.1, -0.05) is 0 Å². The summed E-state index contributed by atoms with van der Waals surface area (Å²) in [5.74, 6) is -5.53. The molecule has 0 aromatic heterocycles. The lowest BCUT2D eigenvalue weighted by Crippen LogP contribution is -2.40. The molecule has 0 bridgehead atoms. The minimum absolute atomic E-state index is 0.213. The highest BCUT2D eigenvalue weighted by atomic mass is 127. The first kappa shape index (κ1) is 20.4. The Hall–Kier alpha value is -1.63. The van der Waals surface area contributed by atoms with Gasteiger partial charge in [-0.25, -0.2) is 13.6 Å². The van der Waals surface area contributed by atoms with E-state index in [4.69, 9.17) is 20.4 Å². The number of nitrogens with zero attached hydrogens (tertiary/aromatic N) is 1. The number of benzene rings is 1. The SMILES string of the molecule is O=C(O)C(C=NC(CO)(CO)CO)=C(O)c1cc(I)cc(F)c1F. The zero-order valence-electron chi connectivity index (χ0n) is 12.1. The van der Waals surface area contributed by atoms with Gasteiger partial charge in [0, 0.05) is 9.78 Å². The van der Waals surface area contributed by atoms with Crippen LogP contribution in [0.5, 0.6) is 0 Å².